The van der Waals surface area contributed by atoms with Gasteiger partial charge in [0, 0.05) is 19.0 Å². The Hall–Kier alpha value is -1.59. The van der Waals surface area contributed by atoms with E-state index in [2.05, 4.69) is 32.3 Å². The first-order valence-corrected chi connectivity index (χ1v) is 8.73. The highest BCUT2D eigenvalue weighted by molar-refractivity contribution is 5.74. The molecule has 2 amide bonds. The van der Waals surface area contributed by atoms with E-state index in [1.807, 2.05) is 0 Å². The molecule has 3 rings (SSSR count). The lowest BCUT2D eigenvalue weighted by molar-refractivity contribution is 0.200. The van der Waals surface area contributed by atoms with Gasteiger partial charge in [-0.15, -0.1) is 10.2 Å². The van der Waals surface area contributed by atoms with Crippen molar-refractivity contribution in [1.82, 2.24) is 25.4 Å². The van der Waals surface area contributed by atoms with Crippen molar-refractivity contribution in [2.24, 2.45) is 5.92 Å². The van der Waals surface area contributed by atoms with Crippen molar-refractivity contribution in [3.63, 3.8) is 0 Å². The molecule has 1 aliphatic carbocycles. The summed E-state index contributed by atoms with van der Waals surface area (Å²) < 4.78 is 2.13. The molecule has 1 aliphatic heterocycles. The van der Waals surface area contributed by atoms with E-state index in [9.17, 15) is 4.79 Å². The number of unbranched alkanes of at least 4 members (excludes halogenated alkanes) is 1. The fraction of sp³-hybridized carbons (Fsp3) is 0.812. The Morgan fingerprint density at radius 1 is 1.36 bits per heavy atom. The van der Waals surface area contributed by atoms with Crippen LogP contribution in [0.4, 0.5) is 4.79 Å². The lowest BCUT2D eigenvalue weighted by Crippen LogP contribution is -2.47. The number of carbonyl (C=O) groups is 1. The van der Waals surface area contributed by atoms with E-state index in [-0.39, 0.29) is 6.03 Å². The average Bonchev–Trinajstić information content (AvgIpc) is 3.04. The van der Waals surface area contributed by atoms with Crippen molar-refractivity contribution in [2.45, 2.75) is 77.4 Å². The zero-order valence-electron chi connectivity index (χ0n) is 13.5. The second kappa shape index (κ2) is 7.11. The van der Waals surface area contributed by atoms with Crippen molar-refractivity contribution in [3.05, 3.63) is 11.6 Å². The summed E-state index contributed by atoms with van der Waals surface area (Å²) in [6.45, 7) is 3.63. The number of fused-ring (bicyclic) bond motifs is 1. The summed E-state index contributed by atoms with van der Waals surface area (Å²) in [6, 6.07) is 0.265. The molecule has 1 saturated carbocycles. The number of hydrogen-bond donors (Lipinski definition) is 2. The monoisotopic (exact) mass is 305 g/mol. The topological polar surface area (TPSA) is 71.8 Å². The van der Waals surface area contributed by atoms with E-state index in [1.54, 1.807) is 0 Å². The molecule has 2 heterocycles. The van der Waals surface area contributed by atoms with Gasteiger partial charge in [-0.1, -0.05) is 26.2 Å². The van der Waals surface area contributed by atoms with Gasteiger partial charge in [-0.25, -0.2) is 4.79 Å². The van der Waals surface area contributed by atoms with Crippen LogP contribution in [0.25, 0.3) is 0 Å². The highest BCUT2D eigenvalue weighted by atomic mass is 16.2. The maximum Gasteiger partial charge on any atom is 0.315 e. The molecular weight excluding hydrogens is 278 g/mol. The lowest BCUT2D eigenvalue weighted by atomic mass is 9.78. The number of aromatic nitrogens is 3. The second-order valence-corrected chi connectivity index (χ2v) is 6.55. The predicted molar refractivity (Wildman–Crippen MR) is 84.4 cm³/mol. The Morgan fingerprint density at radius 3 is 2.95 bits per heavy atom. The summed E-state index contributed by atoms with van der Waals surface area (Å²) in [6.07, 6.45) is 9.40. The van der Waals surface area contributed by atoms with Gasteiger partial charge in [0.05, 0.1) is 6.54 Å². The number of hydrogen-bond acceptors (Lipinski definition) is 3. The van der Waals surface area contributed by atoms with Crippen LogP contribution in [0.2, 0.25) is 0 Å². The number of urea groups is 1. The number of nitrogens with zero attached hydrogens (tertiary/aromatic N) is 3. The zero-order chi connectivity index (χ0) is 15.4. The quantitative estimate of drug-likeness (QED) is 0.812. The van der Waals surface area contributed by atoms with Gasteiger partial charge in [-0.2, -0.15) is 0 Å². The van der Waals surface area contributed by atoms with Crippen molar-refractivity contribution < 1.29 is 4.79 Å². The Labute approximate surface area is 132 Å². The average molecular weight is 305 g/mol. The summed E-state index contributed by atoms with van der Waals surface area (Å²) in [4.78, 5) is 12.2. The summed E-state index contributed by atoms with van der Waals surface area (Å²) >= 11 is 0. The first-order chi connectivity index (χ1) is 10.8. The maximum atomic E-state index is 12.2. The van der Waals surface area contributed by atoms with Gasteiger partial charge in [0.1, 0.15) is 5.82 Å². The van der Waals surface area contributed by atoms with Gasteiger partial charge in [0.2, 0.25) is 0 Å². The van der Waals surface area contributed by atoms with Crippen LogP contribution in [0, 0.1) is 5.92 Å². The van der Waals surface area contributed by atoms with Gasteiger partial charge in [-0.05, 0) is 31.6 Å². The molecule has 1 aromatic heterocycles. The molecule has 122 valence electrons. The summed E-state index contributed by atoms with van der Waals surface area (Å²) in [5.74, 6) is 2.60. The van der Waals surface area contributed by atoms with Crippen molar-refractivity contribution >= 4 is 6.03 Å². The van der Waals surface area contributed by atoms with E-state index >= 15 is 0 Å². The van der Waals surface area contributed by atoms with Crippen LogP contribution in [0.5, 0.6) is 0 Å². The number of nitrogens with one attached hydrogen (secondary N) is 2. The minimum atomic E-state index is -0.0663. The molecule has 1 atom stereocenters. The van der Waals surface area contributed by atoms with Gasteiger partial charge in [0.15, 0.2) is 5.82 Å². The van der Waals surface area contributed by atoms with E-state index in [0.29, 0.717) is 18.5 Å². The molecule has 0 radical (unpaired) electrons. The molecule has 1 fully saturated rings. The Morgan fingerprint density at radius 2 is 2.23 bits per heavy atom. The third kappa shape index (κ3) is 3.42. The van der Waals surface area contributed by atoms with Crippen LogP contribution in [0.15, 0.2) is 0 Å². The fourth-order valence-electron chi connectivity index (χ4n) is 3.41. The first kappa shape index (κ1) is 15.3. The van der Waals surface area contributed by atoms with Crippen LogP contribution in [-0.4, -0.2) is 26.8 Å². The van der Waals surface area contributed by atoms with Crippen molar-refractivity contribution in [3.8, 4) is 0 Å². The molecule has 2 N–H and O–H groups in total. The van der Waals surface area contributed by atoms with Gasteiger partial charge in [0.25, 0.3) is 0 Å². The summed E-state index contributed by atoms with van der Waals surface area (Å²) in [5.41, 5.74) is 0. The van der Waals surface area contributed by atoms with Gasteiger partial charge < -0.3 is 15.2 Å². The molecule has 0 saturated heterocycles. The minimum Gasteiger partial charge on any atom is -0.335 e. The highest BCUT2D eigenvalue weighted by Gasteiger charge is 2.28. The molecule has 6 heteroatoms. The van der Waals surface area contributed by atoms with Crippen LogP contribution in [0.1, 0.15) is 63.5 Å². The standard InChI is InChI=1S/C16H27N5O/c1-2-3-8-13(12-6-4-7-12)18-16(22)17-11-15-20-19-14-9-5-10-21(14)15/h12-13H,2-11H2,1H3,(H2,17,18,22)/t13-/m0/s1. The number of amides is 2. The zero-order valence-corrected chi connectivity index (χ0v) is 13.5. The molecule has 6 nitrogen and oxygen atoms in total. The third-order valence-corrected chi connectivity index (χ3v) is 5.00. The first-order valence-electron chi connectivity index (χ1n) is 8.73. The van der Waals surface area contributed by atoms with Gasteiger partial charge in [-0.3, -0.25) is 0 Å². The molecular formula is C16H27N5O. The Kier molecular flexibility index (Phi) is 4.95. The van der Waals surface area contributed by atoms with E-state index in [1.165, 1.54) is 32.1 Å². The second-order valence-electron chi connectivity index (χ2n) is 6.55. The third-order valence-electron chi connectivity index (χ3n) is 5.00. The minimum absolute atomic E-state index is 0.0663. The number of carbonyl (C=O) groups excluding carboxylic acids is 1. The Balaban J connectivity index is 1.48. The lowest BCUT2D eigenvalue weighted by Gasteiger charge is -2.34. The van der Waals surface area contributed by atoms with Crippen LogP contribution in [0.3, 0.4) is 0 Å². The van der Waals surface area contributed by atoms with Crippen molar-refractivity contribution in [2.75, 3.05) is 0 Å². The summed E-state index contributed by atoms with van der Waals surface area (Å²) in [7, 11) is 0. The van der Waals surface area contributed by atoms with Crippen LogP contribution in [-0.2, 0) is 19.5 Å². The van der Waals surface area contributed by atoms with E-state index < -0.39 is 0 Å². The van der Waals surface area contributed by atoms with Gasteiger partial charge >= 0.3 is 6.03 Å². The maximum absolute atomic E-state index is 12.2. The summed E-state index contributed by atoms with van der Waals surface area (Å²) in [5, 5.41) is 14.5. The van der Waals surface area contributed by atoms with Crippen molar-refractivity contribution in [1.29, 1.82) is 0 Å². The van der Waals surface area contributed by atoms with E-state index in [4.69, 9.17) is 0 Å². The highest BCUT2D eigenvalue weighted by Crippen LogP contribution is 2.31. The van der Waals surface area contributed by atoms with Crippen LogP contribution < -0.4 is 10.6 Å². The fourth-order valence-corrected chi connectivity index (χ4v) is 3.41. The number of rotatable bonds is 7. The van der Waals surface area contributed by atoms with Crippen LogP contribution >= 0.6 is 0 Å². The molecule has 0 aromatic carbocycles. The SMILES string of the molecule is CCCC[C@H](NC(=O)NCc1nnc2n1CCC2)C1CCC1. The smallest absolute Gasteiger partial charge is 0.315 e. The molecule has 2 aliphatic rings. The molecule has 0 spiro atoms. The molecule has 22 heavy (non-hydrogen) atoms. The largest absolute Gasteiger partial charge is 0.335 e. The molecule has 0 unspecified atom stereocenters. The molecule has 0 bridgehead atoms. The predicted octanol–water partition coefficient (Wildman–Crippen LogP) is 2.38. The number of aryl methyl sites for hydroxylation is 1. The normalized spacial score (nSPS) is 18.6. The molecule has 1 aromatic rings. The van der Waals surface area contributed by atoms with E-state index in [0.717, 1.165) is 37.5 Å². The Bertz CT molecular complexity index is 509.